The molecule has 2 atom stereocenters. The van der Waals surface area contributed by atoms with Crippen molar-refractivity contribution in [3.63, 3.8) is 0 Å². The van der Waals surface area contributed by atoms with Gasteiger partial charge in [-0.1, -0.05) is 12.1 Å². The summed E-state index contributed by atoms with van der Waals surface area (Å²) < 4.78 is 0. The summed E-state index contributed by atoms with van der Waals surface area (Å²) >= 11 is 0. The van der Waals surface area contributed by atoms with Crippen LogP contribution in [0.1, 0.15) is 60.3 Å². The molecular formula is C20H28N4O. The van der Waals surface area contributed by atoms with Crippen LogP contribution in [-0.4, -0.2) is 28.0 Å². The van der Waals surface area contributed by atoms with E-state index in [0.717, 1.165) is 25.8 Å². The van der Waals surface area contributed by atoms with Crippen molar-refractivity contribution in [2.24, 2.45) is 5.90 Å². The van der Waals surface area contributed by atoms with E-state index in [4.69, 9.17) is 20.7 Å². The monoisotopic (exact) mass is 340 g/mol. The average Bonchev–Trinajstić information content (AvgIpc) is 2.63. The molecule has 5 heteroatoms. The molecule has 0 saturated carbocycles. The van der Waals surface area contributed by atoms with Gasteiger partial charge in [0.05, 0.1) is 30.1 Å². The molecule has 1 saturated heterocycles. The minimum atomic E-state index is 0.319. The number of nitrogens with two attached hydrogens (primary N) is 1. The molecule has 2 N–H and O–H groups in total. The van der Waals surface area contributed by atoms with Gasteiger partial charge >= 0.3 is 0 Å². The Kier molecular flexibility index (Phi) is 6.13. The largest absolute Gasteiger partial charge is 0.305 e. The Bertz CT molecular complexity index is 637. The molecule has 2 aromatic heterocycles. The van der Waals surface area contributed by atoms with Crippen molar-refractivity contribution in [2.45, 2.75) is 51.6 Å². The third kappa shape index (κ3) is 4.06. The highest BCUT2D eigenvalue weighted by Crippen LogP contribution is 2.41. The number of aryl methyl sites for hydroxylation is 2. The highest BCUT2D eigenvalue weighted by Gasteiger charge is 2.34. The number of nitrogens with zero attached hydrogens (tertiary/aromatic N) is 3. The fourth-order valence-electron chi connectivity index (χ4n) is 3.98. The summed E-state index contributed by atoms with van der Waals surface area (Å²) in [6.45, 7) is 5.80. The van der Waals surface area contributed by atoms with Crippen molar-refractivity contribution in [3.8, 4) is 0 Å². The molecule has 0 aliphatic carbocycles. The standard InChI is InChI=1S/C20H28N4O/c1-15-7-4-11-22-19(15)17-9-3-10-18(24(17)13-6-14-25-21)20-16(2)8-5-12-23-20/h4-5,7-8,11-12,17-18H,3,6,9-10,13-14,21H2,1-2H3/t17-,18+. The molecular weight excluding hydrogens is 312 g/mol. The zero-order valence-corrected chi connectivity index (χ0v) is 15.2. The lowest BCUT2D eigenvalue weighted by Crippen LogP contribution is -2.39. The minimum absolute atomic E-state index is 0.319. The zero-order chi connectivity index (χ0) is 17.6. The number of piperidine rings is 1. The Morgan fingerprint density at radius 2 is 1.60 bits per heavy atom. The first-order valence-corrected chi connectivity index (χ1v) is 9.13. The van der Waals surface area contributed by atoms with Crippen LogP contribution in [0.4, 0.5) is 0 Å². The molecule has 25 heavy (non-hydrogen) atoms. The van der Waals surface area contributed by atoms with E-state index in [2.05, 4.69) is 30.9 Å². The first-order chi connectivity index (χ1) is 12.2. The van der Waals surface area contributed by atoms with Gasteiger partial charge in [-0.3, -0.25) is 14.9 Å². The van der Waals surface area contributed by atoms with Gasteiger partial charge in [0.25, 0.3) is 0 Å². The smallest absolute Gasteiger partial charge is 0.0691 e. The van der Waals surface area contributed by atoms with Gasteiger partial charge in [-0.2, -0.15) is 0 Å². The van der Waals surface area contributed by atoms with Gasteiger partial charge in [0.1, 0.15) is 0 Å². The Hall–Kier alpha value is -1.82. The second kappa shape index (κ2) is 8.52. The SMILES string of the molecule is Cc1cccnc1[C@H]1CCC[C@@H](c2ncccc2C)N1CCCON. The summed E-state index contributed by atoms with van der Waals surface area (Å²) in [5.41, 5.74) is 4.89. The van der Waals surface area contributed by atoms with Gasteiger partial charge < -0.3 is 4.84 Å². The molecule has 134 valence electrons. The molecule has 1 aliphatic heterocycles. The van der Waals surface area contributed by atoms with Crippen LogP contribution in [0.25, 0.3) is 0 Å². The highest BCUT2D eigenvalue weighted by molar-refractivity contribution is 5.25. The van der Waals surface area contributed by atoms with E-state index >= 15 is 0 Å². The fourth-order valence-corrected chi connectivity index (χ4v) is 3.98. The third-order valence-electron chi connectivity index (χ3n) is 5.17. The maximum Gasteiger partial charge on any atom is 0.0691 e. The van der Waals surface area contributed by atoms with E-state index < -0.39 is 0 Å². The Balaban J connectivity index is 1.94. The molecule has 5 nitrogen and oxygen atoms in total. The lowest BCUT2D eigenvalue weighted by molar-refractivity contribution is 0.0573. The normalized spacial score (nSPS) is 21.4. The lowest BCUT2D eigenvalue weighted by Gasteiger charge is -2.42. The van der Waals surface area contributed by atoms with Crippen LogP contribution in [0.3, 0.4) is 0 Å². The van der Waals surface area contributed by atoms with Crippen LogP contribution in [0, 0.1) is 13.8 Å². The summed E-state index contributed by atoms with van der Waals surface area (Å²) in [4.78, 5) is 16.8. The maximum atomic E-state index is 5.24. The van der Waals surface area contributed by atoms with E-state index in [1.54, 1.807) is 0 Å². The quantitative estimate of drug-likeness (QED) is 0.642. The number of hydrogen-bond acceptors (Lipinski definition) is 5. The summed E-state index contributed by atoms with van der Waals surface area (Å²) in [5, 5.41) is 0. The molecule has 0 aromatic carbocycles. The van der Waals surface area contributed by atoms with Gasteiger partial charge in [-0.05, 0) is 62.8 Å². The van der Waals surface area contributed by atoms with Crippen LogP contribution in [-0.2, 0) is 4.84 Å². The summed E-state index contributed by atoms with van der Waals surface area (Å²) in [7, 11) is 0. The fraction of sp³-hybridized carbons (Fsp3) is 0.500. The van der Waals surface area contributed by atoms with Gasteiger partial charge in [0.15, 0.2) is 0 Å². The van der Waals surface area contributed by atoms with Crippen molar-refractivity contribution in [2.75, 3.05) is 13.2 Å². The van der Waals surface area contributed by atoms with Crippen molar-refractivity contribution >= 4 is 0 Å². The minimum Gasteiger partial charge on any atom is -0.305 e. The maximum absolute atomic E-state index is 5.24. The Morgan fingerprint density at radius 3 is 2.08 bits per heavy atom. The molecule has 0 spiro atoms. The number of hydrogen-bond donors (Lipinski definition) is 1. The van der Waals surface area contributed by atoms with Crippen LogP contribution in [0.2, 0.25) is 0 Å². The van der Waals surface area contributed by atoms with E-state index in [1.807, 2.05) is 24.5 Å². The lowest BCUT2D eigenvalue weighted by atomic mass is 9.88. The zero-order valence-electron chi connectivity index (χ0n) is 15.2. The molecule has 1 fully saturated rings. The summed E-state index contributed by atoms with van der Waals surface area (Å²) in [6, 6.07) is 8.96. The Labute approximate surface area is 150 Å². The number of aromatic nitrogens is 2. The molecule has 0 radical (unpaired) electrons. The summed E-state index contributed by atoms with van der Waals surface area (Å²) in [6.07, 6.45) is 8.15. The molecule has 0 bridgehead atoms. The van der Waals surface area contributed by atoms with E-state index in [9.17, 15) is 0 Å². The van der Waals surface area contributed by atoms with Crippen molar-refractivity contribution in [3.05, 3.63) is 59.2 Å². The van der Waals surface area contributed by atoms with Gasteiger partial charge in [0, 0.05) is 18.9 Å². The first kappa shape index (κ1) is 18.0. The number of likely N-dealkylation sites (tertiary alicyclic amines) is 1. The van der Waals surface area contributed by atoms with Crippen LogP contribution >= 0.6 is 0 Å². The Morgan fingerprint density at radius 1 is 1.04 bits per heavy atom. The molecule has 0 unspecified atom stereocenters. The second-order valence-electron chi connectivity index (χ2n) is 6.84. The van der Waals surface area contributed by atoms with E-state index in [1.165, 1.54) is 28.9 Å². The predicted molar refractivity (Wildman–Crippen MR) is 98.7 cm³/mol. The number of pyridine rings is 2. The van der Waals surface area contributed by atoms with Gasteiger partial charge in [0.2, 0.25) is 0 Å². The number of rotatable bonds is 6. The van der Waals surface area contributed by atoms with E-state index in [0.29, 0.717) is 18.7 Å². The van der Waals surface area contributed by atoms with Crippen LogP contribution in [0.15, 0.2) is 36.7 Å². The molecule has 2 aromatic rings. The first-order valence-electron chi connectivity index (χ1n) is 9.13. The van der Waals surface area contributed by atoms with Gasteiger partial charge in [-0.25, -0.2) is 5.90 Å². The highest BCUT2D eigenvalue weighted by atomic mass is 16.6. The van der Waals surface area contributed by atoms with Crippen molar-refractivity contribution < 1.29 is 4.84 Å². The van der Waals surface area contributed by atoms with Crippen molar-refractivity contribution in [1.29, 1.82) is 0 Å². The molecule has 0 amide bonds. The van der Waals surface area contributed by atoms with Crippen molar-refractivity contribution in [1.82, 2.24) is 14.9 Å². The molecule has 3 heterocycles. The second-order valence-corrected chi connectivity index (χ2v) is 6.84. The van der Waals surface area contributed by atoms with Crippen LogP contribution in [0.5, 0.6) is 0 Å². The predicted octanol–water partition coefficient (Wildman–Crippen LogP) is 3.64. The van der Waals surface area contributed by atoms with Gasteiger partial charge in [-0.15, -0.1) is 0 Å². The average molecular weight is 340 g/mol. The van der Waals surface area contributed by atoms with E-state index in [-0.39, 0.29) is 0 Å². The molecule has 1 aliphatic rings. The third-order valence-corrected chi connectivity index (χ3v) is 5.17. The topological polar surface area (TPSA) is 64.3 Å². The van der Waals surface area contributed by atoms with Crippen LogP contribution < -0.4 is 5.90 Å². The summed E-state index contributed by atoms with van der Waals surface area (Å²) in [5.74, 6) is 5.24. The molecule has 3 rings (SSSR count).